The molecule has 4 nitrogen and oxygen atoms in total. The Balaban J connectivity index is 2.15. The summed E-state index contributed by atoms with van der Waals surface area (Å²) in [6.07, 6.45) is 0. The van der Waals surface area contributed by atoms with Crippen molar-refractivity contribution in [1.82, 2.24) is 9.80 Å². The molecule has 16 heavy (non-hydrogen) atoms. The number of nitrogens with zero attached hydrogens (tertiary/aromatic N) is 2. The molecule has 1 saturated heterocycles. The first-order valence-corrected chi connectivity index (χ1v) is 4.88. The summed E-state index contributed by atoms with van der Waals surface area (Å²) in [4.78, 5) is 25.1. The standard InChI is InChI=1S/C11H11FN2O2/c1-13-10(15)7-14(11(13)16)6-8-4-2-3-5-9(8)12/h2-5H,6-7H2,1H3. The number of rotatable bonds is 2. The third-order valence-electron chi connectivity index (χ3n) is 2.58. The molecule has 0 bridgehead atoms. The summed E-state index contributed by atoms with van der Waals surface area (Å²) in [5.41, 5.74) is 0.416. The van der Waals surface area contributed by atoms with E-state index in [1.807, 2.05) is 0 Å². The maximum atomic E-state index is 13.3. The van der Waals surface area contributed by atoms with Gasteiger partial charge in [0.05, 0.1) is 6.54 Å². The molecule has 0 atom stereocenters. The van der Waals surface area contributed by atoms with Crippen LogP contribution in [0, 0.1) is 5.82 Å². The largest absolute Gasteiger partial charge is 0.327 e. The minimum absolute atomic E-state index is 0.0175. The van der Waals surface area contributed by atoms with E-state index in [4.69, 9.17) is 0 Å². The summed E-state index contributed by atoms with van der Waals surface area (Å²) in [5, 5.41) is 0. The second kappa shape index (κ2) is 3.92. The van der Waals surface area contributed by atoms with E-state index in [-0.39, 0.29) is 30.8 Å². The number of halogens is 1. The third kappa shape index (κ3) is 1.76. The van der Waals surface area contributed by atoms with Crippen LogP contribution in [0.3, 0.4) is 0 Å². The smallest absolute Gasteiger partial charge is 0.311 e. The van der Waals surface area contributed by atoms with Gasteiger partial charge in [0.1, 0.15) is 12.4 Å². The number of carbonyl (C=O) groups excluding carboxylic acids is 2. The van der Waals surface area contributed by atoms with Gasteiger partial charge in [-0.3, -0.25) is 9.69 Å². The molecule has 0 saturated carbocycles. The fourth-order valence-corrected chi connectivity index (χ4v) is 1.61. The number of hydrogen-bond donors (Lipinski definition) is 0. The Labute approximate surface area is 92.3 Å². The summed E-state index contributed by atoms with van der Waals surface area (Å²) in [6.45, 7) is 0.144. The number of hydrogen-bond acceptors (Lipinski definition) is 2. The van der Waals surface area contributed by atoms with Crippen LogP contribution < -0.4 is 0 Å². The van der Waals surface area contributed by atoms with Gasteiger partial charge in [-0.15, -0.1) is 0 Å². The summed E-state index contributed by atoms with van der Waals surface area (Å²) < 4.78 is 13.3. The van der Waals surface area contributed by atoms with Gasteiger partial charge in [-0.25, -0.2) is 9.18 Å². The van der Waals surface area contributed by atoms with Gasteiger partial charge in [0.25, 0.3) is 0 Å². The Morgan fingerprint density at radius 1 is 1.31 bits per heavy atom. The Hall–Kier alpha value is -1.91. The van der Waals surface area contributed by atoms with Gasteiger partial charge in [-0.1, -0.05) is 18.2 Å². The van der Waals surface area contributed by atoms with Crippen molar-refractivity contribution in [1.29, 1.82) is 0 Å². The van der Waals surface area contributed by atoms with Crippen LogP contribution in [0.5, 0.6) is 0 Å². The molecule has 1 aromatic carbocycles. The second-order valence-corrected chi connectivity index (χ2v) is 3.68. The van der Waals surface area contributed by atoms with E-state index >= 15 is 0 Å². The molecule has 0 N–H and O–H groups in total. The number of amides is 3. The number of carbonyl (C=O) groups is 2. The highest BCUT2D eigenvalue weighted by molar-refractivity contribution is 6.01. The minimum Gasteiger partial charge on any atom is -0.311 e. The van der Waals surface area contributed by atoms with Crippen molar-refractivity contribution in [3.63, 3.8) is 0 Å². The van der Waals surface area contributed by atoms with Crippen LogP contribution in [0.25, 0.3) is 0 Å². The van der Waals surface area contributed by atoms with Crippen LogP contribution >= 0.6 is 0 Å². The van der Waals surface area contributed by atoms with Gasteiger partial charge in [0.15, 0.2) is 0 Å². The van der Waals surface area contributed by atoms with Crippen LogP contribution in [-0.4, -0.2) is 35.3 Å². The highest BCUT2D eigenvalue weighted by Gasteiger charge is 2.33. The molecular formula is C11H11FN2O2. The first-order chi connectivity index (χ1) is 7.59. The van der Waals surface area contributed by atoms with Crippen molar-refractivity contribution in [2.24, 2.45) is 0 Å². The molecule has 0 unspecified atom stereocenters. The van der Waals surface area contributed by atoms with Crippen molar-refractivity contribution >= 4 is 11.9 Å². The van der Waals surface area contributed by atoms with Crippen LogP contribution in [-0.2, 0) is 11.3 Å². The average Bonchev–Trinajstić information content (AvgIpc) is 2.50. The zero-order valence-corrected chi connectivity index (χ0v) is 8.81. The van der Waals surface area contributed by atoms with Crippen molar-refractivity contribution in [2.45, 2.75) is 6.54 Å². The lowest BCUT2D eigenvalue weighted by Crippen LogP contribution is -2.29. The maximum Gasteiger partial charge on any atom is 0.327 e. The van der Waals surface area contributed by atoms with Gasteiger partial charge in [0.2, 0.25) is 5.91 Å². The number of benzene rings is 1. The minimum atomic E-state index is -0.381. The Bertz CT molecular complexity index is 447. The SMILES string of the molecule is CN1C(=O)CN(Cc2ccccc2F)C1=O. The molecule has 0 spiro atoms. The first kappa shape index (κ1) is 10.6. The monoisotopic (exact) mass is 222 g/mol. The Morgan fingerprint density at radius 2 is 2.00 bits per heavy atom. The van der Waals surface area contributed by atoms with Crippen molar-refractivity contribution in [2.75, 3.05) is 13.6 Å². The fraction of sp³-hybridized carbons (Fsp3) is 0.273. The molecule has 0 aliphatic carbocycles. The molecule has 2 rings (SSSR count). The number of urea groups is 1. The molecule has 5 heteroatoms. The van der Waals surface area contributed by atoms with Crippen molar-refractivity contribution < 1.29 is 14.0 Å². The van der Waals surface area contributed by atoms with E-state index in [1.54, 1.807) is 18.2 Å². The quantitative estimate of drug-likeness (QED) is 0.706. The van der Waals surface area contributed by atoms with Crippen LogP contribution in [0.15, 0.2) is 24.3 Å². The van der Waals surface area contributed by atoms with Crippen LogP contribution in [0.2, 0.25) is 0 Å². The first-order valence-electron chi connectivity index (χ1n) is 4.88. The molecule has 0 aromatic heterocycles. The molecule has 1 aliphatic heterocycles. The molecular weight excluding hydrogens is 211 g/mol. The molecule has 1 fully saturated rings. The normalized spacial score (nSPS) is 16.1. The molecule has 1 aliphatic rings. The number of imide groups is 1. The maximum absolute atomic E-state index is 13.3. The van der Waals surface area contributed by atoms with E-state index < -0.39 is 0 Å². The van der Waals surface area contributed by atoms with Gasteiger partial charge in [-0.2, -0.15) is 0 Å². The Kier molecular flexibility index (Phi) is 2.60. The summed E-state index contributed by atoms with van der Waals surface area (Å²) in [7, 11) is 1.42. The van der Waals surface area contributed by atoms with E-state index in [0.717, 1.165) is 4.90 Å². The van der Waals surface area contributed by atoms with E-state index in [2.05, 4.69) is 0 Å². The van der Waals surface area contributed by atoms with Crippen molar-refractivity contribution in [3.8, 4) is 0 Å². The molecule has 3 amide bonds. The molecule has 1 aromatic rings. The van der Waals surface area contributed by atoms with Gasteiger partial charge in [-0.05, 0) is 6.07 Å². The Morgan fingerprint density at radius 3 is 2.56 bits per heavy atom. The summed E-state index contributed by atoms with van der Waals surface area (Å²) in [5.74, 6) is -0.626. The van der Waals surface area contributed by atoms with Crippen LogP contribution in [0.4, 0.5) is 9.18 Å². The molecule has 1 heterocycles. The van der Waals surface area contributed by atoms with Gasteiger partial charge < -0.3 is 4.90 Å². The molecule has 0 radical (unpaired) electrons. The third-order valence-corrected chi connectivity index (χ3v) is 2.58. The average molecular weight is 222 g/mol. The highest BCUT2D eigenvalue weighted by Crippen LogP contribution is 2.14. The van der Waals surface area contributed by atoms with E-state index in [1.165, 1.54) is 18.0 Å². The number of likely N-dealkylation sites (N-methyl/N-ethyl adjacent to an activating group) is 1. The lowest BCUT2D eigenvalue weighted by atomic mass is 10.2. The van der Waals surface area contributed by atoms with Crippen LogP contribution in [0.1, 0.15) is 5.56 Å². The van der Waals surface area contributed by atoms with Gasteiger partial charge in [0, 0.05) is 12.6 Å². The summed E-state index contributed by atoms with van der Waals surface area (Å²) in [6, 6.07) is 5.84. The lowest BCUT2D eigenvalue weighted by molar-refractivity contribution is -0.124. The topological polar surface area (TPSA) is 40.6 Å². The zero-order chi connectivity index (χ0) is 11.7. The predicted octanol–water partition coefficient (Wildman–Crippen LogP) is 1.22. The second-order valence-electron chi connectivity index (χ2n) is 3.68. The van der Waals surface area contributed by atoms with Gasteiger partial charge >= 0.3 is 6.03 Å². The summed E-state index contributed by atoms with van der Waals surface area (Å²) >= 11 is 0. The van der Waals surface area contributed by atoms with E-state index in [0.29, 0.717) is 5.56 Å². The zero-order valence-electron chi connectivity index (χ0n) is 8.81. The molecule has 84 valence electrons. The fourth-order valence-electron chi connectivity index (χ4n) is 1.61. The highest BCUT2D eigenvalue weighted by atomic mass is 19.1. The predicted molar refractivity (Wildman–Crippen MR) is 55.0 cm³/mol. The van der Waals surface area contributed by atoms with Crippen molar-refractivity contribution in [3.05, 3.63) is 35.6 Å². The van der Waals surface area contributed by atoms with E-state index in [9.17, 15) is 14.0 Å². The lowest BCUT2D eigenvalue weighted by Gasteiger charge is -2.14.